The Balaban J connectivity index is 1.27. The van der Waals surface area contributed by atoms with Crippen molar-refractivity contribution in [3.63, 3.8) is 0 Å². The highest BCUT2D eigenvalue weighted by Gasteiger charge is 2.84. The summed E-state index contributed by atoms with van der Waals surface area (Å²) in [5.74, 6) is -6.42. The molecule has 2 N–H and O–H groups in total. The molecule has 9 rings (SSSR count). The van der Waals surface area contributed by atoms with Crippen molar-refractivity contribution in [2.75, 3.05) is 26.9 Å². The van der Waals surface area contributed by atoms with Gasteiger partial charge in [0.15, 0.2) is 12.4 Å². The molecule has 2 aliphatic heterocycles. The van der Waals surface area contributed by atoms with Gasteiger partial charge in [-0.1, -0.05) is 25.5 Å². The fourth-order valence-electron chi connectivity index (χ4n) is 12.7. The number of Topliss-reactive ketones (excluding diaryl/α,β-unsaturated/α-hetero) is 1. The monoisotopic (exact) mass is 732 g/mol. The lowest BCUT2D eigenvalue weighted by molar-refractivity contribution is -0.191. The Morgan fingerprint density at radius 2 is 1.66 bits per heavy atom. The molecule has 0 amide bonds. The first-order chi connectivity index (χ1) is 25.1. The average Bonchev–Trinajstić information content (AvgIpc) is 4.05. The van der Waals surface area contributed by atoms with Crippen molar-refractivity contribution >= 4 is 35.6 Å². The van der Waals surface area contributed by atoms with Gasteiger partial charge < -0.3 is 33.9 Å². The summed E-state index contributed by atoms with van der Waals surface area (Å²) in [7, 11) is 1.22. The molecule has 0 aromatic rings. The van der Waals surface area contributed by atoms with Crippen molar-refractivity contribution < 1.29 is 62.7 Å². The van der Waals surface area contributed by atoms with Gasteiger partial charge in [0, 0.05) is 40.4 Å². The van der Waals surface area contributed by atoms with Gasteiger partial charge in [-0.2, -0.15) is 0 Å². The third-order valence-electron chi connectivity index (χ3n) is 15.2. The van der Waals surface area contributed by atoms with Crippen LogP contribution in [-0.4, -0.2) is 90.1 Å². The molecule has 12 atom stereocenters. The largest absolute Gasteiger partial charge is 0.466 e. The smallest absolute Gasteiger partial charge is 0.344 e. The number of ether oxygens (including phenoxy) is 5. The molecular formula is C40H44O13. The van der Waals surface area contributed by atoms with Gasteiger partial charge in [-0.3, -0.25) is 9.59 Å². The highest BCUT2D eigenvalue weighted by Crippen LogP contribution is 2.83. The molecule has 7 aliphatic carbocycles. The maximum Gasteiger partial charge on any atom is 0.344 e. The topological polar surface area (TPSA) is 189 Å². The van der Waals surface area contributed by atoms with E-state index in [9.17, 15) is 39.0 Å². The van der Waals surface area contributed by atoms with Crippen LogP contribution in [-0.2, 0) is 52.5 Å². The van der Waals surface area contributed by atoms with Gasteiger partial charge in [-0.25, -0.2) is 19.2 Å². The number of rotatable bonds is 1. The van der Waals surface area contributed by atoms with Crippen molar-refractivity contribution in [3.8, 4) is 0 Å². The van der Waals surface area contributed by atoms with Crippen LogP contribution in [0.25, 0.3) is 0 Å². The minimum atomic E-state index is -1.52. The molecule has 2 heterocycles. The Kier molecular flexibility index (Phi) is 7.19. The number of hydrogen-bond acceptors (Lipinski definition) is 13. The summed E-state index contributed by atoms with van der Waals surface area (Å²) in [5, 5.41) is 24.6. The molecule has 5 fully saturated rings. The van der Waals surface area contributed by atoms with Crippen molar-refractivity contribution in [3.05, 3.63) is 45.1 Å². The van der Waals surface area contributed by atoms with E-state index in [2.05, 4.69) is 6.92 Å². The summed E-state index contributed by atoms with van der Waals surface area (Å²) < 4.78 is 28.3. The molecule has 2 unspecified atom stereocenters. The quantitative estimate of drug-likeness (QED) is 0.173. The number of allylic oxidation sites excluding steroid dienone is 2. The van der Waals surface area contributed by atoms with Gasteiger partial charge in [0.05, 0.1) is 18.6 Å². The second-order valence-electron chi connectivity index (χ2n) is 17.2. The molecule has 0 radical (unpaired) electrons. The summed E-state index contributed by atoms with van der Waals surface area (Å²) in [4.78, 5) is 80.7. The molecule has 53 heavy (non-hydrogen) atoms. The highest BCUT2D eigenvalue weighted by molar-refractivity contribution is 6.09. The number of methoxy groups -OCH3 is 1. The predicted octanol–water partition coefficient (Wildman–Crippen LogP) is 2.38. The van der Waals surface area contributed by atoms with E-state index in [4.69, 9.17) is 23.7 Å². The van der Waals surface area contributed by atoms with Gasteiger partial charge >= 0.3 is 29.8 Å². The normalized spacial score (nSPS) is 47.3. The predicted molar refractivity (Wildman–Crippen MR) is 179 cm³/mol. The number of aliphatic hydroxyl groups is 2. The van der Waals surface area contributed by atoms with Gasteiger partial charge in [0.2, 0.25) is 0 Å². The van der Waals surface area contributed by atoms with Crippen LogP contribution in [0.15, 0.2) is 45.1 Å². The lowest BCUT2D eigenvalue weighted by Gasteiger charge is -2.63. The second kappa shape index (κ2) is 11.0. The number of carbonyl (C=O) groups excluding carboxylic acids is 6. The minimum Gasteiger partial charge on any atom is -0.466 e. The van der Waals surface area contributed by atoms with E-state index in [0.717, 1.165) is 17.6 Å². The van der Waals surface area contributed by atoms with Gasteiger partial charge in [-0.05, 0) is 86.2 Å². The number of hydrogen-bond donors (Lipinski definition) is 2. The molecule has 13 heteroatoms. The van der Waals surface area contributed by atoms with E-state index in [1.165, 1.54) is 14.0 Å². The minimum absolute atomic E-state index is 0.00529. The van der Waals surface area contributed by atoms with Crippen molar-refractivity contribution in [1.29, 1.82) is 0 Å². The zero-order chi connectivity index (χ0) is 37.7. The van der Waals surface area contributed by atoms with Gasteiger partial charge in [0.1, 0.15) is 30.5 Å². The Morgan fingerprint density at radius 1 is 0.925 bits per heavy atom. The molecule has 0 saturated heterocycles. The number of fused-ring (bicyclic) bond motifs is 7. The van der Waals surface area contributed by atoms with E-state index in [1.807, 2.05) is 6.92 Å². The number of cyclic esters (lactones) is 3. The summed E-state index contributed by atoms with van der Waals surface area (Å²) in [5.41, 5.74) is -1.88. The molecule has 5 saturated carbocycles. The van der Waals surface area contributed by atoms with E-state index in [0.29, 0.717) is 18.4 Å². The first-order valence-corrected chi connectivity index (χ1v) is 18.6. The summed E-state index contributed by atoms with van der Waals surface area (Å²) in [6.45, 7) is 5.57. The maximum atomic E-state index is 14.6. The third kappa shape index (κ3) is 4.21. The van der Waals surface area contributed by atoms with Crippen LogP contribution >= 0.6 is 0 Å². The van der Waals surface area contributed by atoms with Crippen LogP contribution in [0.4, 0.5) is 0 Å². The fourth-order valence-corrected chi connectivity index (χ4v) is 12.7. The molecule has 0 aromatic carbocycles. The van der Waals surface area contributed by atoms with Crippen LogP contribution < -0.4 is 0 Å². The van der Waals surface area contributed by atoms with E-state index in [-0.39, 0.29) is 71.8 Å². The van der Waals surface area contributed by atoms with E-state index >= 15 is 0 Å². The molecular weight excluding hydrogens is 688 g/mol. The first-order valence-electron chi connectivity index (χ1n) is 18.6. The number of carbonyl (C=O) groups is 6. The van der Waals surface area contributed by atoms with Crippen molar-refractivity contribution in [2.24, 2.45) is 52.3 Å². The molecule has 9 aliphatic rings. The molecule has 1 spiro atoms. The van der Waals surface area contributed by atoms with Crippen molar-refractivity contribution in [1.82, 2.24) is 0 Å². The van der Waals surface area contributed by atoms with Crippen LogP contribution in [0.2, 0.25) is 0 Å². The molecule has 13 nitrogen and oxygen atoms in total. The van der Waals surface area contributed by atoms with Crippen LogP contribution in [0.3, 0.4) is 0 Å². The summed E-state index contributed by atoms with van der Waals surface area (Å²) in [6.07, 6.45) is 2.22. The van der Waals surface area contributed by atoms with Gasteiger partial charge in [-0.15, -0.1) is 0 Å². The van der Waals surface area contributed by atoms with Crippen LogP contribution in [0.1, 0.15) is 66.2 Å². The maximum absolute atomic E-state index is 14.6. The average molecular weight is 733 g/mol. The van der Waals surface area contributed by atoms with Crippen LogP contribution in [0, 0.1) is 52.3 Å². The summed E-state index contributed by atoms with van der Waals surface area (Å²) >= 11 is 0. The number of esters is 5. The molecule has 2 bridgehead atoms. The first kappa shape index (κ1) is 34.7. The highest BCUT2D eigenvalue weighted by atomic mass is 16.6. The summed E-state index contributed by atoms with van der Waals surface area (Å²) in [6, 6.07) is 0. The second-order valence-corrected chi connectivity index (χ2v) is 17.2. The number of ketones is 1. The number of aliphatic hydroxyl groups excluding tert-OH is 1. The Labute approximate surface area is 305 Å². The molecule has 282 valence electrons. The zero-order valence-corrected chi connectivity index (χ0v) is 30.4. The fraction of sp³-hybridized carbons (Fsp3) is 0.650. The standard InChI is InChI=1S/C40H44O13/c1-16-7-6-8-27(41)51-14-28(42)50-13-20-22-12-25-37(3,23-11-24(23)39(25,48)15-52-34(16)45)26-10-19-18-9-21(18)38(4)30(19)31(40(22,26)53-36(20)47)29(32(43)33(38)44)17(2)35(46)49-5/h7,18,21,23-26,31,33,44,48H,6,8-15H2,1-5H3/b16-7+,29-17-/t18-,21-,23-,24+,25?,26+,31?,33+,37+,38+,39+,40+/m1/s1. The van der Waals surface area contributed by atoms with Crippen LogP contribution in [0.5, 0.6) is 0 Å². The van der Waals surface area contributed by atoms with Crippen molar-refractivity contribution in [2.45, 2.75) is 83.5 Å². The van der Waals surface area contributed by atoms with E-state index < -0.39 is 94.7 Å². The Hall–Kier alpha value is -4.10. The SMILES string of the molecule is COC(=O)/C(C)=C1\C(=O)[C@H](O)[C@]2(C)C3=C(C[C@H]4[C@]5(C)C6CC7=C(COC(=O)COC(=O)CC/C=C(\C)C(=O)OC[C@]6(O)[C@H]6C[C@H]65)C(=O)O[C@@]74C31)[C@H]1C[C@H]12. The van der Waals surface area contributed by atoms with Gasteiger partial charge in [0.25, 0.3) is 0 Å². The zero-order valence-electron chi connectivity index (χ0n) is 30.4. The lowest BCUT2D eigenvalue weighted by atomic mass is 9.42. The molecule has 0 aromatic heterocycles. The Morgan fingerprint density at radius 3 is 2.40 bits per heavy atom. The Bertz CT molecular complexity index is 1970. The third-order valence-corrected chi connectivity index (χ3v) is 15.2. The lowest BCUT2D eigenvalue weighted by Crippen LogP contribution is -2.67. The van der Waals surface area contributed by atoms with E-state index in [1.54, 1.807) is 13.0 Å².